The van der Waals surface area contributed by atoms with Gasteiger partial charge in [0.1, 0.15) is 11.6 Å². The SMILES string of the molecule is CCNC(c1cnns1)c1c(F)cccc1F. The highest BCUT2D eigenvalue weighted by molar-refractivity contribution is 7.05. The second-order valence-corrected chi connectivity index (χ2v) is 4.26. The second kappa shape index (κ2) is 5.29. The van der Waals surface area contributed by atoms with Crippen molar-refractivity contribution in [2.24, 2.45) is 0 Å². The summed E-state index contributed by atoms with van der Waals surface area (Å²) in [5.74, 6) is -1.13. The first-order valence-corrected chi connectivity index (χ1v) is 5.96. The van der Waals surface area contributed by atoms with Crippen molar-refractivity contribution in [3.63, 3.8) is 0 Å². The molecule has 0 saturated carbocycles. The fourth-order valence-corrected chi connectivity index (χ4v) is 2.23. The van der Waals surface area contributed by atoms with Gasteiger partial charge < -0.3 is 5.32 Å². The van der Waals surface area contributed by atoms with Crippen molar-refractivity contribution in [1.29, 1.82) is 0 Å². The Labute approximate surface area is 102 Å². The van der Waals surface area contributed by atoms with Crippen molar-refractivity contribution in [1.82, 2.24) is 14.9 Å². The lowest BCUT2D eigenvalue weighted by Gasteiger charge is -2.17. The molecule has 1 heterocycles. The van der Waals surface area contributed by atoms with E-state index in [4.69, 9.17) is 0 Å². The topological polar surface area (TPSA) is 37.8 Å². The summed E-state index contributed by atoms with van der Waals surface area (Å²) < 4.78 is 31.1. The van der Waals surface area contributed by atoms with Crippen LogP contribution in [0.15, 0.2) is 24.4 Å². The molecule has 0 amide bonds. The molecule has 1 N–H and O–H groups in total. The average molecular weight is 255 g/mol. The molecule has 90 valence electrons. The van der Waals surface area contributed by atoms with Gasteiger partial charge in [-0.1, -0.05) is 17.5 Å². The molecule has 0 radical (unpaired) electrons. The fraction of sp³-hybridized carbons (Fsp3) is 0.273. The molecule has 0 fully saturated rings. The van der Waals surface area contributed by atoms with E-state index in [2.05, 4.69) is 14.9 Å². The van der Waals surface area contributed by atoms with Crippen molar-refractivity contribution in [2.45, 2.75) is 13.0 Å². The van der Waals surface area contributed by atoms with Crippen LogP contribution in [0.4, 0.5) is 8.78 Å². The van der Waals surface area contributed by atoms with Crippen LogP contribution < -0.4 is 5.32 Å². The van der Waals surface area contributed by atoms with Crippen molar-refractivity contribution in [2.75, 3.05) is 6.54 Å². The quantitative estimate of drug-likeness (QED) is 0.912. The lowest BCUT2D eigenvalue weighted by molar-refractivity contribution is 0.513. The number of rotatable bonds is 4. The van der Waals surface area contributed by atoms with E-state index in [-0.39, 0.29) is 5.56 Å². The lowest BCUT2D eigenvalue weighted by Crippen LogP contribution is -2.23. The molecule has 2 aromatic rings. The zero-order valence-corrected chi connectivity index (χ0v) is 9.97. The van der Waals surface area contributed by atoms with Crippen LogP contribution in [0.25, 0.3) is 0 Å². The van der Waals surface area contributed by atoms with Crippen LogP contribution in [0.5, 0.6) is 0 Å². The number of hydrogen-bond acceptors (Lipinski definition) is 4. The summed E-state index contributed by atoms with van der Waals surface area (Å²) in [6, 6.07) is 3.30. The van der Waals surface area contributed by atoms with E-state index in [1.807, 2.05) is 6.92 Å². The van der Waals surface area contributed by atoms with Gasteiger partial charge in [0.2, 0.25) is 0 Å². The molecule has 0 aliphatic carbocycles. The van der Waals surface area contributed by atoms with E-state index in [0.717, 1.165) is 11.5 Å². The van der Waals surface area contributed by atoms with Gasteiger partial charge in [-0.05, 0) is 30.2 Å². The smallest absolute Gasteiger partial charge is 0.131 e. The van der Waals surface area contributed by atoms with E-state index in [0.29, 0.717) is 11.4 Å². The monoisotopic (exact) mass is 255 g/mol. The van der Waals surface area contributed by atoms with Gasteiger partial charge in [-0.3, -0.25) is 0 Å². The van der Waals surface area contributed by atoms with Crippen molar-refractivity contribution in [3.8, 4) is 0 Å². The number of hydrogen-bond donors (Lipinski definition) is 1. The Morgan fingerprint density at radius 1 is 1.35 bits per heavy atom. The van der Waals surface area contributed by atoms with Crippen molar-refractivity contribution in [3.05, 3.63) is 46.5 Å². The Morgan fingerprint density at radius 2 is 2.06 bits per heavy atom. The van der Waals surface area contributed by atoms with Crippen LogP contribution in [0, 0.1) is 11.6 Å². The zero-order chi connectivity index (χ0) is 12.3. The Hall–Kier alpha value is -1.40. The van der Waals surface area contributed by atoms with Gasteiger partial charge in [0.15, 0.2) is 0 Å². The van der Waals surface area contributed by atoms with Crippen molar-refractivity contribution < 1.29 is 8.78 Å². The second-order valence-electron chi connectivity index (χ2n) is 3.45. The molecule has 1 unspecified atom stereocenters. The van der Waals surface area contributed by atoms with E-state index in [9.17, 15) is 8.78 Å². The van der Waals surface area contributed by atoms with Gasteiger partial charge in [0.25, 0.3) is 0 Å². The average Bonchev–Trinajstić information content (AvgIpc) is 2.80. The molecule has 1 atom stereocenters. The van der Waals surface area contributed by atoms with E-state index < -0.39 is 17.7 Å². The normalized spacial score (nSPS) is 12.6. The first kappa shape index (κ1) is 12.1. The van der Waals surface area contributed by atoms with E-state index in [1.165, 1.54) is 24.4 Å². The molecule has 0 aliphatic heterocycles. The lowest BCUT2D eigenvalue weighted by atomic mass is 10.0. The first-order valence-electron chi connectivity index (χ1n) is 5.18. The minimum Gasteiger partial charge on any atom is -0.306 e. The molecule has 17 heavy (non-hydrogen) atoms. The number of nitrogens with zero attached hydrogens (tertiary/aromatic N) is 2. The molecule has 1 aromatic heterocycles. The summed E-state index contributed by atoms with van der Waals surface area (Å²) in [4.78, 5) is 0.691. The van der Waals surface area contributed by atoms with Crippen LogP contribution >= 0.6 is 11.5 Å². The Balaban J connectivity index is 2.46. The molecule has 0 aliphatic rings. The van der Waals surface area contributed by atoms with Gasteiger partial charge in [0, 0.05) is 5.56 Å². The molecule has 2 rings (SSSR count). The van der Waals surface area contributed by atoms with Crippen LogP contribution in [0.2, 0.25) is 0 Å². The standard InChI is InChI=1S/C11H11F2N3S/c1-2-14-11(9-6-15-16-17-9)10-7(12)4-3-5-8(10)13/h3-6,11,14H,2H2,1H3. The van der Waals surface area contributed by atoms with Crippen LogP contribution in [-0.4, -0.2) is 16.1 Å². The van der Waals surface area contributed by atoms with Crippen LogP contribution in [0.1, 0.15) is 23.4 Å². The zero-order valence-electron chi connectivity index (χ0n) is 9.15. The third-order valence-corrected chi connectivity index (χ3v) is 3.09. The van der Waals surface area contributed by atoms with Gasteiger partial charge in [-0.15, -0.1) is 5.10 Å². The number of halogens is 2. The van der Waals surface area contributed by atoms with Gasteiger partial charge in [-0.2, -0.15) is 0 Å². The maximum absolute atomic E-state index is 13.7. The predicted octanol–water partition coefficient (Wildman–Crippen LogP) is 2.52. The van der Waals surface area contributed by atoms with E-state index >= 15 is 0 Å². The third kappa shape index (κ3) is 2.48. The molecule has 0 bridgehead atoms. The Bertz CT molecular complexity index is 467. The van der Waals surface area contributed by atoms with Gasteiger partial charge >= 0.3 is 0 Å². The van der Waals surface area contributed by atoms with Gasteiger partial charge in [0.05, 0.1) is 17.1 Å². The van der Waals surface area contributed by atoms with E-state index in [1.54, 1.807) is 0 Å². The summed E-state index contributed by atoms with van der Waals surface area (Å²) in [5, 5.41) is 6.73. The van der Waals surface area contributed by atoms with Crippen molar-refractivity contribution >= 4 is 11.5 Å². The van der Waals surface area contributed by atoms with Gasteiger partial charge in [-0.25, -0.2) is 8.78 Å². The molecular formula is C11H11F2N3S. The highest BCUT2D eigenvalue weighted by atomic mass is 32.1. The largest absolute Gasteiger partial charge is 0.306 e. The molecule has 6 heteroatoms. The number of aromatic nitrogens is 2. The Morgan fingerprint density at radius 3 is 2.59 bits per heavy atom. The summed E-state index contributed by atoms with van der Waals surface area (Å²) in [6.45, 7) is 2.47. The fourth-order valence-electron chi connectivity index (χ4n) is 1.64. The number of benzene rings is 1. The number of nitrogens with one attached hydrogen (secondary N) is 1. The van der Waals surface area contributed by atoms with Crippen LogP contribution in [0.3, 0.4) is 0 Å². The first-order chi connectivity index (χ1) is 8.24. The summed E-state index contributed by atoms with van der Waals surface area (Å²) in [7, 11) is 0. The minimum atomic E-state index is -0.565. The predicted molar refractivity (Wildman–Crippen MR) is 61.8 cm³/mol. The molecule has 0 saturated heterocycles. The summed E-state index contributed by atoms with van der Waals surface area (Å²) >= 11 is 1.13. The summed E-state index contributed by atoms with van der Waals surface area (Å²) in [5.41, 5.74) is 0.0143. The molecule has 1 aromatic carbocycles. The highest BCUT2D eigenvalue weighted by Gasteiger charge is 2.22. The minimum absolute atomic E-state index is 0.0143. The highest BCUT2D eigenvalue weighted by Crippen LogP contribution is 2.28. The molecule has 3 nitrogen and oxygen atoms in total. The third-order valence-electron chi connectivity index (χ3n) is 2.36. The molecule has 0 spiro atoms. The van der Waals surface area contributed by atoms with Crippen LogP contribution in [-0.2, 0) is 0 Å². The molecular weight excluding hydrogens is 244 g/mol. The summed E-state index contributed by atoms with van der Waals surface area (Å²) in [6.07, 6.45) is 1.52. The maximum Gasteiger partial charge on any atom is 0.131 e. The maximum atomic E-state index is 13.7. The Kier molecular flexibility index (Phi) is 3.75.